The van der Waals surface area contributed by atoms with Gasteiger partial charge >= 0.3 is 0 Å². The lowest BCUT2D eigenvalue weighted by Gasteiger charge is -2.24. The summed E-state index contributed by atoms with van der Waals surface area (Å²) in [5, 5.41) is 3.62. The number of rotatable bonds is 4. The average Bonchev–Trinajstić information content (AvgIpc) is 2.51. The highest BCUT2D eigenvalue weighted by Gasteiger charge is 2.15. The summed E-state index contributed by atoms with van der Waals surface area (Å²) in [4.78, 5) is 0. The van der Waals surface area contributed by atoms with E-state index >= 15 is 0 Å². The lowest BCUT2D eigenvalue weighted by atomic mass is 10.1. The van der Waals surface area contributed by atoms with E-state index in [2.05, 4.69) is 17.4 Å². The molecule has 1 atom stereocenters. The molecule has 1 saturated heterocycles. The van der Waals surface area contributed by atoms with Crippen LogP contribution in [0.1, 0.15) is 12.8 Å². The smallest absolute Gasteiger partial charge is 0.150 e. The Bertz CT molecular complexity index is 538. The first-order chi connectivity index (χ1) is 9.92. The Hall–Kier alpha value is -1.61. The van der Waals surface area contributed by atoms with Gasteiger partial charge in [-0.3, -0.25) is 0 Å². The molecule has 0 spiro atoms. The fourth-order valence-electron chi connectivity index (χ4n) is 2.36. The maximum absolute atomic E-state index is 5.98. The van der Waals surface area contributed by atoms with E-state index in [-0.39, 0.29) is 0 Å². The van der Waals surface area contributed by atoms with Crippen LogP contribution in [-0.2, 0) is 0 Å². The summed E-state index contributed by atoms with van der Waals surface area (Å²) in [6.07, 6.45) is 2.54. The molecule has 0 aliphatic carbocycles. The number of hydrogen-bond donors (Lipinski definition) is 1. The minimum absolute atomic E-state index is 0.550. The number of hydrogen-bond acceptors (Lipinski definition) is 3. The Morgan fingerprint density at radius 1 is 1.00 bits per heavy atom. The van der Waals surface area contributed by atoms with Gasteiger partial charge in [-0.05, 0) is 42.9 Å². The molecule has 0 amide bonds. The van der Waals surface area contributed by atoms with E-state index in [4.69, 9.17) is 4.74 Å². The molecule has 0 bridgehead atoms. The molecular formula is C17H19NOS. The number of para-hydroxylation sites is 3. The van der Waals surface area contributed by atoms with E-state index in [0.29, 0.717) is 6.04 Å². The summed E-state index contributed by atoms with van der Waals surface area (Å²) in [5.41, 5.74) is 1.09. The van der Waals surface area contributed by atoms with E-state index < -0.39 is 0 Å². The predicted molar refractivity (Wildman–Crippen MR) is 86.9 cm³/mol. The number of ether oxygens (including phenoxy) is 1. The van der Waals surface area contributed by atoms with Crippen molar-refractivity contribution in [2.75, 3.05) is 16.8 Å². The Morgan fingerprint density at radius 2 is 1.80 bits per heavy atom. The fourth-order valence-corrected chi connectivity index (χ4v) is 3.44. The second-order valence-corrected chi connectivity index (χ2v) is 6.12. The molecule has 3 heteroatoms. The second-order valence-electron chi connectivity index (χ2n) is 4.97. The van der Waals surface area contributed by atoms with Crippen LogP contribution >= 0.6 is 11.8 Å². The molecule has 1 unspecified atom stereocenters. The van der Waals surface area contributed by atoms with Gasteiger partial charge in [-0.1, -0.05) is 30.3 Å². The molecular weight excluding hydrogens is 266 g/mol. The molecule has 2 aromatic rings. The van der Waals surface area contributed by atoms with E-state index in [1.54, 1.807) is 0 Å². The highest BCUT2D eigenvalue weighted by Crippen LogP contribution is 2.31. The normalized spacial score (nSPS) is 18.5. The van der Waals surface area contributed by atoms with Crippen LogP contribution < -0.4 is 10.1 Å². The van der Waals surface area contributed by atoms with Crippen molar-refractivity contribution in [3.8, 4) is 11.5 Å². The molecule has 104 valence electrons. The van der Waals surface area contributed by atoms with Gasteiger partial charge in [-0.2, -0.15) is 11.8 Å². The third-order valence-electron chi connectivity index (χ3n) is 3.38. The predicted octanol–water partition coefficient (Wildman–Crippen LogP) is 4.79. The van der Waals surface area contributed by atoms with Gasteiger partial charge < -0.3 is 10.1 Å². The number of thioether (sulfide) groups is 1. The van der Waals surface area contributed by atoms with Crippen molar-refractivity contribution in [1.82, 2.24) is 0 Å². The molecule has 2 aromatic carbocycles. The Kier molecular flexibility index (Phi) is 4.49. The Balaban J connectivity index is 1.74. The van der Waals surface area contributed by atoms with Crippen LogP contribution in [0, 0.1) is 0 Å². The summed E-state index contributed by atoms with van der Waals surface area (Å²) < 4.78 is 5.98. The van der Waals surface area contributed by atoms with Crippen molar-refractivity contribution < 1.29 is 4.74 Å². The van der Waals surface area contributed by atoms with Crippen LogP contribution in [0.15, 0.2) is 54.6 Å². The first-order valence-corrected chi connectivity index (χ1v) is 8.23. The molecule has 0 radical (unpaired) electrons. The highest BCUT2D eigenvalue weighted by molar-refractivity contribution is 7.99. The van der Waals surface area contributed by atoms with Crippen molar-refractivity contribution >= 4 is 17.4 Å². The Labute approximate surface area is 124 Å². The number of nitrogens with one attached hydrogen (secondary N) is 1. The van der Waals surface area contributed by atoms with E-state index in [9.17, 15) is 0 Å². The maximum atomic E-state index is 5.98. The summed E-state index contributed by atoms with van der Waals surface area (Å²) in [6, 6.07) is 18.7. The van der Waals surface area contributed by atoms with Crippen LogP contribution in [0.25, 0.3) is 0 Å². The largest absolute Gasteiger partial charge is 0.455 e. The average molecular weight is 285 g/mol. The SMILES string of the molecule is c1ccc(Oc2ccccc2NC2CCCSC2)cc1. The summed E-state index contributed by atoms with van der Waals surface area (Å²) in [6.45, 7) is 0. The van der Waals surface area contributed by atoms with Gasteiger partial charge in [0.15, 0.2) is 5.75 Å². The first-order valence-electron chi connectivity index (χ1n) is 7.08. The summed E-state index contributed by atoms with van der Waals surface area (Å²) >= 11 is 2.03. The summed E-state index contributed by atoms with van der Waals surface area (Å²) in [5.74, 6) is 4.24. The molecule has 1 heterocycles. The zero-order valence-corrected chi connectivity index (χ0v) is 12.2. The van der Waals surface area contributed by atoms with Crippen LogP contribution in [-0.4, -0.2) is 17.5 Å². The van der Waals surface area contributed by atoms with E-state index in [1.165, 1.54) is 24.3 Å². The van der Waals surface area contributed by atoms with E-state index in [1.807, 2.05) is 54.2 Å². The molecule has 0 aromatic heterocycles. The molecule has 1 aliphatic rings. The van der Waals surface area contributed by atoms with Crippen molar-refractivity contribution in [3.63, 3.8) is 0 Å². The monoisotopic (exact) mass is 285 g/mol. The minimum Gasteiger partial charge on any atom is -0.455 e. The molecule has 3 rings (SSSR count). The lowest BCUT2D eigenvalue weighted by Crippen LogP contribution is -2.25. The van der Waals surface area contributed by atoms with Gasteiger partial charge in [0.25, 0.3) is 0 Å². The topological polar surface area (TPSA) is 21.3 Å². The van der Waals surface area contributed by atoms with Gasteiger partial charge in [0, 0.05) is 11.8 Å². The van der Waals surface area contributed by atoms with Crippen LogP contribution in [0.4, 0.5) is 5.69 Å². The van der Waals surface area contributed by atoms with Gasteiger partial charge in [0.2, 0.25) is 0 Å². The molecule has 2 nitrogen and oxygen atoms in total. The third-order valence-corrected chi connectivity index (χ3v) is 4.59. The molecule has 1 aliphatic heterocycles. The van der Waals surface area contributed by atoms with Crippen molar-refractivity contribution in [3.05, 3.63) is 54.6 Å². The maximum Gasteiger partial charge on any atom is 0.150 e. The molecule has 1 N–H and O–H groups in total. The zero-order chi connectivity index (χ0) is 13.6. The van der Waals surface area contributed by atoms with Gasteiger partial charge in [-0.25, -0.2) is 0 Å². The molecule has 0 saturated carbocycles. The quantitative estimate of drug-likeness (QED) is 0.873. The first kappa shape index (κ1) is 13.4. The molecule has 20 heavy (non-hydrogen) atoms. The molecule has 1 fully saturated rings. The van der Waals surface area contributed by atoms with Crippen molar-refractivity contribution in [2.24, 2.45) is 0 Å². The second kappa shape index (κ2) is 6.71. The van der Waals surface area contributed by atoms with Crippen LogP contribution in [0.2, 0.25) is 0 Å². The van der Waals surface area contributed by atoms with Crippen molar-refractivity contribution in [2.45, 2.75) is 18.9 Å². The lowest BCUT2D eigenvalue weighted by molar-refractivity contribution is 0.483. The minimum atomic E-state index is 0.550. The van der Waals surface area contributed by atoms with Crippen LogP contribution in [0.5, 0.6) is 11.5 Å². The summed E-state index contributed by atoms with van der Waals surface area (Å²) in [7, 11) is 0. The highest BCUT2D eigenvalue weighted by atomic mass is 32.2. The third kappa shape index (κ3) is 3.48. The van der Waals surface area contributed by atoms with Gasteiger partial charge in [0.05, 0.1) is 5.69 Å². The van der Waals surface area contributed by atoms with Gasteiger partial charge in [-0.15, -0.1) is 0 Å². The fraction of sp³-hybridized carbons (Fsp3) is 0.294. The van der Waals surface area contributed by atoms with Crippen molar-refractivity contribution in [1.29, 1.82) is 0 Å². The zero-order valence-electron chi connectivity index (χ0n) is 11.4. The van der Waals surface area contributed by atoms with E-state index in [0.717, 1.165) is 17.2 Å². The van der Waals surface area contributed by atoms with Crippen LogP contribution in [0.3, 0.4) is 0 Å². The van der Waals surface area contributed by atoms with Gasteiger partial charge in [0.1, 0.15) is 5.75 Å². The Morgan fingerprint density at radius 3 is 2.60 bits per heavy atom. The number of benzene rings is 2. The standard InChI is InChI=1S/C17H19NOS/c1-2-8-15(9-3-1)19-17-11-5-4-10-16(17)18-14-7-6-12-20-13-14/h1-5,8-11,14,18H,6-7,12-13H2. The number of anilines is 1.